The van der Waals surface area contributed by atoms with Gasteiger partial charge in [-0.15, -0.1) is 11.8 Å². The second-order valence-electron chi connectivity index (χ2n) is 3.58. The largest absolute Gasteiger partial charge is 0.300 e. The first-order chi connectivity index (χ1) is 7.59. The summed E-state index contributed by atoms with van der Waals surface area (Å²) in [6.45, 7) is 1.55. The first-order valence-corrected chi connectivity index (χ1v) is 6.15. The minimum atomic E-state index is -0.423. The van der Waals surface area contributed by atoms with E-state index in [0.717, 1.165) is 25.0 Å². The third-order valence-electron chi connectivity index (χ3n) is 2.07. The second-order valence-corrected chi connectivity index (χ2v) is 4.72. The predicted octanol–water partition coefficient (Wildman–Crippen LogP) is 3.82. The number of rotatable bonds is 6. The van der Waals surface area contributed by atoms with Gasteiger partial charge in [0.05, 0.1) is 0 Å². The topological polar surface area (TPSA) is 17.1 Å². The molecular weight excluding hydrogens is 230 g/mol. The minimum Gasteiger partial charge on any atom is -0.300 e. The van der Waals surface area contributed by atoms with Gasteiger partial charge < -0.3 is 4.79 Å². The van der Waals surface area contributed by atoms with Crippen molar-refractivity contribution in [2.45, 2.75) is 31.1 Å². The van der Waals surface area contributed by atoms with Crippen molar-refractivity contribution in [3.8, 4) is 0 Å². The standard InChI is InChI=1S/C12H14F2OS/c1-9(15)4-2-3-7-16-12-8-10(13)5-6-11(12)14/h5-6,8H,2-4,7H2,1H3. The third kappa shape index (κ3) is 4.75. The van der Waals surface area contributed by atoms with Crippen LogP contribution in [-0.2, 0) is 4.79 Å². The molecule has 0 atom stereocenters. The normalized spacial score (nSPS) is 10.4. The fourth-order valence-electron chi connectivity index (χ4n) is 1.25. The van der Waals surface area contributed by atoms with E-state index in [2.05, 4.69) is 0 Å². The molecule has 0 saturated heterocycles. The molecule has 1 nitrogen and oxygen atoms in total. The Balaban J connectivity index is 2.31. The molecule has 0 unspecified atom stereocenters. The van der Waals surface area contributed by atoms with E-state index in [4.69, 9.17) is 0 Å². The molecule has 0 N–H and O–H groups in total. The molecule has 0 aliphatic heterocycles. The maximum Gasteiger partial charge on any atom is 0.136 e. The van der Waals surface area contributed by atoms with Gasteiger partial charge in [-0.3, -0.25) is 0 Å². The summed E-state index contributed by atoms with van der Waals surface area (Å²) in [5.41, 5.74) is 0. The Morgan fingerprint density at radius 2 is 2.06 bits per heavy atom. The van der Waals surface area contributed by atoms with E-state index in [-0.39, 0.29) is 5.78 Å². The fraction of sp³-hybridized carbons (Fsp3) is 0.417. The maximum absolute atomic E-state index is 13.2. The summed E-state index contributed by atoms with van der Waals surface area (Å²) in [5, 5.41) is 0. The summed E-state index contributed by atoms with van der Waals surface area (Å²) in [4.78, 5) is 11.0. The molecule has 0 amide bonds. The van der Waals surface area contributed by atoms with Crippen molar-refractivity contribution in [1.29, 1.82) is 0 Å². The van der Waals surface area contributed by atoms with Crippen LogP contribution in [0.15, 0.2) is 23.1 Å². The number of carbonyl (C=O) groups excluding carboxylic acids is 1. The zero-order chi connectivity index (χ0) is 12.0. The van der Waals surface area contributed by atoms with E-state index >= 15 is 0 Å². The highest BCUT2D eigenvalue weighted by atomic mass is 32.2. The molecule has 0 aromatic heterocycles. The van der Waals surface area contributed by atoms with Gasteiger partial charge >= 0.3 is 0 Å². The molecule has 1 aromatic carbocycles. The minimum absolute atomic E-state index is 0.168. The van der Waals surface area contributed by atoms with Crippen molar-refractivity contribution in [2.24, 2.45) is 0 Å². The van der Waals surface area contributed by atoms with Crippen LogP contribution in [-0.4, -0.2) is 11.5 Å². The number of Topliss-reactive ketones (excluding diaryl/α,β-unsaturated/α-hetero) is 1. The molecule has 0 aliphatic rings. The molecule has 0 aliphatic carbocycles. The van der Waals surface area contributed by atoms with Crippen LogP contribution in [0.3, 0.4) is 0 Å². The van der Waals surface area contributed by atoms with Gasteiger partial charge in [0.1, 0.15) is 17.4 Å². The monoisotopic (exact) mass is 244 g/mol. The van der Waals surface area contributed by atoms with Gasteiger partial charge in [-0.2, -0.15) is 0 Å². The van der Waals surface area contributed by atoms with Crippen molar-refractivity contribution < 1.29 is 13.6 Å². The molecule has 0 bridgehead atoms. The number of hydrogen-bond acceptors (Lipinski definition) is 2. The molecule has 4 heteroatoms. The van der Waals surface area contributed by atoms with Crippen LogP contribution in [0.4, 0.5) is 8.78 Å². The van der Waals surface area contributed by atoms with E-state index in [9.17, 15) is 13.6 Å². The summed E-state index contributed by atoms with van der Waals surface area (Å²) in [6.07, 6.45) is 2.20. The maximum atomic E-state index is 13.2. The van der Waals surface area contributed by atoms with Gasteiger partial charge in [-0.05, 0) is 43.7 Å². The molecule has 16 heavy (non-hydrogen) atoms. The van der Waals surface area contributed by atoms with Gasteiger partial charge in [0.15, 0.2) is 0 Å². The number of hydrogen-bond donors (Lipinski definition) is 0. The highest BCUT2D eigenvalue weighted by Gasteiger charge is 2.04. The van der Waals surface area contributed by atoms with Gasteiger partial charge in [-0.25, -0.2) is 8.78 Å². The van der Waals surface area contributed by atoms with E-state index < -0.39 is 11.6 Å². The summed E-state index contributed by atoms with van der Waals surface area (Å²) in [6, 6.07) is 3.44. The number of thioether (sulfide) groups is 1. The SMILES string of the molecule is CC(=O)CCCCSc1cc(F)ccc1F. The molecule has 0 radical (unpaired) electrons. The van der Waals surface area contributed by atoms with Crippen LogP contribution in [0.1, 0.15) is 26.2 Å². The Hall–Kier alpha value is -0.900. The van der Waals surface area contributed by atoms with E-state index in [1.807, 2.05) is 0 Å². The summed E-state index contributed by atoms with van der Waals surface area (Å²) >= 11 is 1.29. The average molecular weight is 244 g/mol. The number of ketones is 1. The Morgan fingerprint density at radius 1 is 1.31 bits per heavy atom. The van der Waals surface area contributed by atoms with Crippen molar-refractivity contribution in [2.75, 3.05) is 5.75 Å². The van der Waals surface area contributed by atoms with E-state index in [0.29, 0.717) is 17.1 Å². The molecule has 0 spiro atoms. The second kappa shape index (κ2) is 6.63. The smallest absolute Gasteiger partial charge is 0.136 e. The van der Waals surface area contributed by atoms with Crippen molar-refractivity contribution in [1.82, 2.24) is 0 Å². The summed E-state index contributed by atoms with van der Waals surface area (Å²) in [5.74, 6) is 0.0562. The lowest BCUT2D eigenvalue weighted by Gasteiger charge is -2.02. The van der Waals surface area contributed by atoms with E-state index in [1.165, 1.54) is 17.8 Å². The molecular formula is C12H14F2OS. The predicted molar refractivity (Wildman–Crippen MR) is 61.6 cm³/mol. The van der Waals surface area contributed by atoms with Gasteiger partial charge in [0.25, 0.3) is 0 Å². The quantitative estimate of drug-likeness (QED) is 0.559. The molecule has 0 heterocycles. The zero-order valence-electron chi connectivity index (χ0n) is 9.13. The van der Waals surface area contributed by atoms with Crippen molar-refractivity contribution >= 4 is 17.5 Å². The van der Waals surface area contributed by atoms with Crippen LogP contribution in [0.2, 0.25) is 0 Å². The lowest BCUT2D eigenvalue weighted by Crippen LogP contribution is -1.91. The first kappa shape index (κ1) is 13.2. The Labute approximate surface area is 98.2 Å². The summed E-state index contributed by atoms with van der Waals surface area (Å²) in [7, 11) is 0. The van der Waals surface area contributed by atoms with Crippen molar-refractivity contribution in [3.63, 3.8) is 0 Å². The van der Waals surface area contributed by atoms with Crippen LogP contribution in [0.5, 0.6) is 0 Å². The molecule has 1 aromatic rings. The lowest BCUT2D eigenvalue weighted by molar-refractivity contribution is -0.117. The average Bonchev–Trinajstić information content (AvgIpc) is 2.22. The Morgan fingerprint density at radius 3 is 2.75 bits per heavy atom. The lowest BCUT2D eigenvalue weighted by atomic mass is 10.2. The Bertz CT molecular complexity index is 366. The van der Waals surface area contributed by atoms with Gasteiger partial charge in [0, 0.05) is 11.3 Å². The highest BCUT2D eigenvalue weighted by molar-refractivity contribution is 7.99. The number of carbonyl (C=O) groups is 1. The van der Waals surface area contributed by atoms with Crippen molar-refractivity contribution in [3.05, 3.63) is 29.8 Å². The first-order valence-electron chi connectivity index (χ1n) is 5.17. The molecule has 0 fully saturated rings. The number of benzene rings is 1. The van der Waals surface area contributed by atoms with Crippen LogP contribution < -0.4 is 0 Å². The Kier molecular flexibility index (Phi) is 5.46. The van der Waals surface area contributed by atoms with E-state index in [1.54, 1.807) is 6.92 Å². The molecule has 88 valence electrons. The van der Waals surface area contributed by atoms with Crippen LogP contribution >= 0.6 is 11.8 Å². The molecule has 1 rings (SSSR count). The third-order valence-corrected chi connectivity index (χ3v) is 3.19. The van der Waals surface area contributed by atoms with Gasteiger partial charge in [0.2, 0.25) is 0 Å². The van der Waals surface area contributed by atoms with Crippen LogP contribution in [0.25, 0.3) is 0 Å². The fourth-order valence-corrected chi connectivity index (χ4v) is 2.22. The number of unbranched alkanes of at least 4 members (excludes halogenated alkanes) is 1. The van der Waals surface area contributed by atoms with Crippen LogP contribution in [0, 0.1) is 11.6 Å². The zero-order valence-corrected chi connectivity index (χ0v) is 9.95. The molecule has 0 saturated carbocycles. The highest BCUT2D eigenvalue weighted by Crippen LogP contribution is 2.23. The summed E-state index contributed by atoms with van der Waals surface area (Å²) < 4.78 is 26.0. The number of halogens is 2. The van der Waals surface area contributed by atoms with Gasteiger partial charge in [-0.1, -0.05) is 0 Å².